The first-order chi connectivity index (χ1) is 9.08. The number of benzene rings is 1. The molecule has 1 amide bonds. The summed E-state index contributed by atoms with van der Waals surface area (Å²) in [5, 5.41) is 0. The van der Waals surface area contributed by atoms with Gasteiger partial charge in [-0.05, 0) is 52.4 Å². The minimum atomic E-state index is 0.0809. The predicted molar refractivity (Wildman–Crippen MR) is 79.5 cm³/mol. The van der Waals surface area contributed by atoms with Crippen molar-refractivity contribution in [2.45, 2.75) is 32.6 Å². The minimum Gasteiger partial charge on any atom is -0.483 e. The number of ether oxygens (including phenoxy) is 1. The maximum Gasteiger partial charge on any atom is 0.260 e. The maximum absolute atomic E-state index is 11.9. The summed E-state index contributed by atoms with van der Waals surface area (Å²) >= 11 is 3.50. The molecule has 1 heterocycles. The third-order valence-electron chi connectivity index (χ3n) is 3.43. The van der Waals surface area contributed by atoms with Crippen molar-refractivity contribution in [3.05, 3.63) is 28.2 Å². The highest BCUT2D eigenvalue weighted by Crippen LogP contribution is 2.28. The molecule has 4 heteroatoms. The molecule has 0 aliphatic carbocycles. The largest absolute Gasteiger partial charge is 0.483 e. The van der Waals surface area contributed by atoms with Crippen LogP contribution in [0.5, 0.6) is 5.75 Å². The van der Waals surface area contributed by atoms with Crippen LogP contribution < -0.4 is 4.74 Å². The van der Waals surface area contributed by atoms with Crippen molar-refractivity contribution in [3.8, 4) is 5.75 Å². The van der Waals surface area contributed by atoms with E-state index in [4.69, 9.17) is 4.74 Å². The Kier molecular flexibility index (Phi) is 4.86. The van der Waals surface area contributed by atoms with E-state index in [1.807, 2.05) is 17.0 Å². The van der Waals surface area contributed by atoms with Crippen molar-refractivity contribution in [2.24, 2.45) is 0 Å². The van der Waals surface area contributed by atoms with Gasteiger partial charge in [-0.3, -0.25) is 4.79 Å². The normalized spacial score (nSPS) is 15.1. The van der Waals surface area contributed by atoms with Gasteiger partial charge in [-0.25, -0.2) is 0 Å². The Balaban J connectivity index is 1.94. The van der Waals surface area contributed by atoms with Crippen LogP contribution in [0.1, 0.15) is 38.2 Å². The highest BCUT2D eigenvalue weighted by atomic mass is 79.9. The smallest absolute Gasteiger partial charge is 0.260 e. The van der Waals surface area contributed by atoms with Gasteiger partial charge in [0.2, 0.25) is 0 Å². The second-order valence-corrected chi connectivity index (χ2v) is 6.08. The Hall–Kier alpha value is -1.03. The standard InChI is InChI=1S/C15H20BrNO2/c1-11(2)12-5-6-14(13(16)9-12)19-10-15(18)17-7-3-4-8-17/h5-6,9,11H,3-4,7-8,10H2,1-2H3. The van der Waals surface area contributed by atoms with E-state index in [1.165, 1.54) is 5.56 Å². The molecular weight excluding hydrogens is 306 g/mol. The zero-order chi connectivity index (χ0) is 13.8. The van der Waals surface area contributed by atoms with Gasteiger partial charge in [-0.2, -0.15) is 0 Å². The molecule has 2 rings (SSSR count). The molecule has 1 aliphatic rings. The molecule has 0 N–H and O–H groups in total. The number of carbonyl (C=O) groups is 1. The van der Waals surface area contributed by atoms with E-state index in [-0.39, 0.29) is 12.5 Å². The van der Waals surface area contributed by atoms with E-state index in [0.717, 1.165) is 36.2 Å². The Bertz CT molecular complexity index is 453. The summed E-state index contributed by atoms with van der Waals surface area (Å²) in [6, 6.07) is 6.03. The van der Waals surface area contributed by atoms with E-state index < -0.39 is 0 Å². The highest BCUT2D eigenvalue weighted by molar-refractivity contribution is 9.10. The third kappa shape index (κ3) is 3.72. The molecule has 0 bridgehead atoms. The zero-order valence-corrected chi connectivity index (χ0v) is 13.1. The van der Waals surface area contributed by atoms with Crippen LogP contribution in [0, 0.1) is 0 Å². The van der Waals surface area contributed by atoms with Crippen LogP contribution in [0.2, 0.25) is 0 Å². The number of rotatable bonds is 4. The fraction of sp³-hybridized carbons (Fsp3) is 0.533. The lowest BCUT2D eigenvalue weighted by atomic mass is 10.0. The fourth-order valence-corrected chi connectivity index (χ4v) is 2.70. The summed E-state index contributed by atoms with van der Waals surface area (Å²) in [4.78, 5) is 13.8. The summed E-state index contributed by atoms with van der Waals surface area (Å²) in [6.07, 6.45) is 2.22. The quantitative estimate of drug-likeness (QED) is 0.846. The number of hydrogen-bond acceptors (Lipinski definition) is 2. The molecule has 1 aromatic carbocycles. The molecule has 0 radical (unpaired) electrons. The molecule has 0 unspecified atom stereocenters. The van der Waals surface area contributed by atoms with Crippen LogP contribution in [-0.2, 0) is 4.79 Å². The second kappa shape index (κ2) is 6.42. The molecule has 104 valence electrons. The molecule has 0 atom stereocenters. The first-order valence-electron chi connectivity index (χ1n) is 6.78. The number of nitrogens with zero attached hydrogens (tertiary/aromatic N) is 1. The van der Waals surface area contributed by atoms with Gasteiger partial charge in [-0.15, -0.1) is 0 Å². The van der Waals surface area contributed by atoms with Gasteiger partial charge in [0.25, 0.3) is 5.91 Å². The number of carbonyl (C=O) groups excluding carboxylic acids is 1. The predicted octanol–water partition coefficient (Wildman–Crippen LogP) is 3.57. The zero-order valence-electron chi connectivity index (χ0n) is 11.5. The average molecular weight is 326 g/mol. The van der Waals surface area contributed by atoms with Gasteiger partial charge < -0.3 is 9.64 Å². The summed E-state index contributed by atoms with van der Waals surface area (Å²) in [7, 11) is 0. The van der Waals surface area contributed by atoms with E-state index >= 15 is 0 Å². The summed E-state index contributed by atoms with van der Waals surface area (Å²) < 4.78 is 6.52. The number of amides is 1. The molecule has 0 saturated carbocycles. The fourth-order valence-electron chi connectivity index (χ4n) is 2.19. The Morgan fingerprint density at radius 3 is 2.63 bits per heavy atom. The average Bonchev–Trinajstić information content (AvgIpc) is 2.90. The van der Waals surface area contributed by atoms with Gasteiger partial charge in [0.1, 0.15) is 5.75 Å². The molecule has 0 aromatic heterocycles. The Morgan fingerprint density at radius 2 is 2.05 bits per heavy atom. The van der Waals surface area contributed by atoms with Crippen molar-refractivity contribution in [3.63, 3.8) is 0 Å². The van der Waals surface area contributed by atoms with Crippen molar-refractivity contribution in [1.29, 1.82) is 0 Å². The van der Waals surface area contributed by atoms with Crippen LogP contribution >= 0.6 is 15.9 Å². The van der Waals surface area contributed by atoms with E-state index in [1.54, 1.807) is 0 Å². The Labute approximate surface area is 123 Å². The second-order valence-electron chi connectivity index (χ2n) is 5.22. The van der Waals surface area contributed by atoms with E-state index in [2.05, 4.69) is 35.8 Å². The molecule has 1 fully saturated rings. The molecule has 0 spiro atoms. The molecule has 1 aliphatic heterocycles. The SMILES string of the molecule is CC(C)c1ccc(OCC(=O)N2CCCC2)c(Br)c1. The lowest BCUT2D eigenvalue weighted by Gasteiger charge is -2.16. The third-order valence-corrected chi connectivity index (χ3v) is 4.05. The van der Waals surface area contributed by atoms with Crippen molar-refractivity contribution < 1.29 is 9.53 Å². The number of likely N-dealkylation sites (tertiary alicyclic amines) is 1. The molecule has 19 heavy (non-hydrogen) atoms. The monoisotopic (exact) mass is 325 g/mol. The first-order valence-corrected chi connectivity index (χ1v) is 7.57. The molecular formula is C15H20BrNO2. The maximum atomic E-state index is 11.9. The van der Waals surface area contributed by atoms with Crippen LogP contribution in [-0.4, -0.2) is 30.5 Å². The van der Waals surface area contributed by atoms with Gasteiger partial charge in [0.05, 0.1) is 4.47 Å². The lowest BCUT2D eigenvalue weighted by Crippen LogP contribution is -2.32. The summed E-state index contributed by atoms with van der Waals surface area (Å²) in [5.41, 5.74) is 1.25. The van der Waals surface area contributed by atoms with Crippen molar-refractivity contribution >= 4 is 21.8 Å². The lowest BCUT2D eigenvalue weighted by molar-refractivity contribution is -0.132. The van der Waals surface area contributed by atoms with Gasteiger partial charge >= 0.3 is 0 Å². The van der Waals surface area contributed by atoms with E-state index in [0.29, 0.717) is 5.92 Å². The molecule has 1 saturated heterocycles. The van der Waals surface area contributed by atoms with E-state index in [9.17, 15) is 4.79 Å². The first kappa shape index (κ1) is 14.4. The summed E-state index contributed by atoms with van der Waals surface area (Å²) in [5.74, 6) is 1.30. The van der Waals surface area contributed by atoms with Crippen molar-refractivity contribution in [1.82, 2.24) is 4.90 Å². The van der Waals surface area contributed by atoms with Crippen molar-refractivity contribution in [2.75, 3.05) is 19.7 Å². The molecule has 3 nitrogen and oxygen atoms in total. The number of hydrogen-bond donors (Lipinski definition) is 0. The van der Waals surface area contributed by atoms with Gasteiger partial charge in [0.15, 0.2) is 6.61 Å². The minimum absolute atomic E-state index is 0.0809. The van der Waals surface area contributed by atoms with Crippen LogP contribution in [0.15, 0.2) is 22.7 Å². The van der Waals surface area contributed by atoms with Crippen LogP contribution in [0.25, 0.3) is 0 Å². The van der Waals surface area contributed by atoms with Crippen LogP contribution in [0.4, 0.5) is 0 Å². The van der Waals surface area contributed by atoms with Gasteiger partial charge in [-0.1, -0.05) is 19.9 Å². The highest BCUT2D eigenvalue weighted by Gasteiger charge is 2.18. The number of halogens is 1. The Morgan fingerprint density at radius 1 is 1.37 bits per heavy atom. The summed E-state index contributed by atoms with van der Waals surface area (Å²) in [6.45, 7) is 6.17. The topological polar surface area (TPSA) is 29.5 Å². The van der Waals surface area contributed by atoms with Gasteiger partial charge in [0, 0.05) is 13.1 Å². The van der Waals surface area contributed by atoms with Crippen LogP contribution in [0.3, 0.4) is 0 Å². The molecule has 1 aromatic rings.